The summed E-state index contributed by atoms with van der Waals surface area (Å²) in [5.41, 5.74) is 4.04. The van der Waals surface area contributed by atoms with Crippen LogP contribution in [0.5, 0.6) is 5.75 Å². The van der Waals surface area contributed by atoms with Crippen LogP contribution in [0, 0.1) is 5.92 Å². The van der Waals surface area contributed by atoms with Gasteiger partial charge in [0, 0.05) is 43.6 Å². The second-order valence-corrected chi connectivity index (χ2v) is 9.17. The number of hydrogen-bond donors (Lipinski definition) is 0. The van der Waals surface area contributed by atoms with E-state index in [2.05, 4.69) is 39.9 Å². The highest BCUT2D eigenvalue weighted by Gasteiger charge is 2.30. The van der Waals surface area contributed by atoms with E-state index in [9.17, 15) is 4.79 Å². The van der Waals surface area contributed by atoms with Gasteiger partial charge in [-0.3, -0.25) is 4.79 Å². The van der Waals surface area contributed by atoms with Crippen molar-refractivity contribution < 1.29 is 9.53 Å². The predicted molar refractivity (Wildman–Crippen MR) is 144 cm³/mol. The van der Waals surface area contributed by atoms with Crippen LogP contribution in [0.3, 0.4) is 0 Å². The Morgan fingerprint density at radius 2 is 1.81 bits per heavy atom. The molecule has 0 aliphatic carbocycles. The first-order valence-corrected chi connectivity index (χ1v) is 12.7. The van der Waals surface area contributed by atoms with Crippen LogP contribution in [0.1, 0.15) is 26.7 Å². The smallest absolute Gasteiger partial charge is 0.227 e. The van der Waals surface area contributed by atoms with Crippen LogP contribution in [0.2, 0.25) is 0 Å². The molecule has 3 heterocycles. The van der Waals surface area contributed by atoms with Crippen molar-refractivity contribution in [3.05, 3.63) is 67.1 Å². The third kappa shape index (κ3) is 4.41. The van der Waals surface area contributed by atoms with Crippen molar-refractivity contribution in [3.8, 4) is 22.6 Å². The zero-order chi connectivity index (χ0) is 25.1. The van der Waals surface area contributed by atoms with Gasteiger partial charge in [0.05, 0.1) is 18.4 Å². The van der Waals surface area contributed by atoms with Gasteiger partial charge in [-0.2, -0.15) is 0 Å². The first-order chi connectivity index (χ1) is 17.6. The lowest BCUT2D eigenvalue weighted by molar-refractivity contribution is -0.135. The van der Waals surface area contributed by atoms with Gasteiger partial charge in [0.15, 0.2) is 5.65 Å². The SMILES string of the molecule is CCN(CC)C(=O)C1CCCN(c2ncnc3c2c(-c2ccccc2)cn3-c2ccc(OC)cc2)C1. The molecule has 1 aliphatic heterocycles. The van der Waals surface area contributed by atoms with Crippen LogP contribution in [-0.2, 0) is 4.79 Å². The molecule has 1 fully saturated rings. The molecular weight excluding hydrogens is 450 g/mol. The molecule has 1 amide bonds. The number of anilines is 1. The topological polar surface area (TPSA) is 63.5 Å². The first kappa shape index (κ1) is 23.9. The van der Waals surface area contributed by atoms with Crippen LogP contribution in [-0.4, -0.2) is 58.6 Å². The zero-order valence-electron chi connectivity index (χ0n) is 21.2. The van der Waals surface area contributed by atoms with Crippen LogP contribution in [0.15, 0.2) is 67.1 Å². The Kier molecular flexibility index (Phi) is 6.89. The van der Waals surface area contributed by atoms with E-state index in [0.717, 1.165) is 71.9 Å². The van der Waals surface area contributed by atoms with Crippen molar-refractivity contribution >= 4 is 22.8 Å². The van der Waals surface area contributed by atoms with E-state index in [0.29, 0.717) is 6.54 Å². The number of ether oxygens (including phenoxy) is 1. The molecule has 0 radical (unpaired) electrons. The van der Waals surface area contributed by atoms with Gasteiger partial charge in [-0.15, -0.1) is 0 Å². The lowest BCUT2D eigenvalue weighted by Crippen LogP contribution is -2.45. The van der Waals surface area contributed by atoms with E-state index in [4.69, 9.17) is 14.7 Å². The van der Waals surface area contributed by atoms with Gasteiger partial charge < -0.3 is 19.1 Å². The molecule has 1 atom stereocenters. The lowest BCUT2D eigenvalue weighted by atomic mass is 9.96. The van der Waals surface area contributed by atoms with Gasteiger partial charge in [-0.05, 0) is 56.5 Å². The summed E-state index contributed by atoms with van der Waals surface area (Å²) in [7, 11) is 1.67. The number of methoxy groups -OCH3 is 1. The molecule has 0 N–H and O–H groups in total. The fraction of sp³-hybridized carbons (Fsp3) is 0.345. The fourth-order valence-electron chi connectivity index (χ4n) is 5.23. The van der Waals surface area contributed by atoms with E-state index in [-0.39, 0.29) is 11.8 Å². The van der Waals surface area contributed by atoms with Crippen LogP contribution < -0.4 is 9.64 Å². The number of nitrogens with zero attached hydrogens (tertiary/aromatic N) is 5. The van der Waals surface area contributed by atoms with E-state index >= 15 is 0 Å². The predicted octanol–water partition coefficient (Wildman–Crippen LogP) is 5.18. The monoisotopic (exact) mass is 483 g/mol. The van der Waals surface area contributed by atoms with Crippen molar-refractivity contribution in [1.82, 2.24) is 19.4 Å². The Labute approximate surface area is 212 Å². The molecule has 7 nitrogen and oxygen atoms in total. The second kappa shape index (κ2) is 10.4. The number of fused-ring (bicyclic) bond motifs is 1. The number of carbonyl (C=O) groups excluding carboxylic acids is 1. The molecule has 4 aromatic rings. The maximum absolute atomic E-state index is 13.2. The molecule has 1 unspecified atom stereocenters. The van der Waals surface area contributed by atoms with Crippen molar-refractivity contribution in [2.24, 2.45) is 5.92 Å². The largest absolute Gasteiger partial charge is 0.497 e. The van der Waals surface area contributed by atoms with E-state index in [1.807, 2.05) is 49.1 Å². The van der Waals surface area contributed by atoms with Crippen LogP contribution in [0.4, 0.5) is 5.82 Å². The number of amides is 1. The van der Waals surface area contributed by atoms with E-state index in [1.165, 1.54) is 0 Å². The Bertz CT molecular complexity index is 1330. The average molecular weight is 484 g/mol. The summed E-state index contributed by atoms with van der Waals surface area (Å²) in [6.45, 7) is 7.12. The molecule has 7 heteroatoms. The number of hydrogen-bond acceptors (Lipinski definition) is 5. The number of benzene rings is 2. The Hall–Kier alpha value is -3.87. The zero-order valence-corrected chi connectivity index (χ0v) is 21.2. The maximum Gasteiger partial charge on any atom is 0.227 e. The minimum absolute atomic E-state index is 0.0208. The summed E-state index contributed by atoms with van der Waals surface area (Å²) in [5.74, 6) is 1.93. The summed E-state index contributed by atoms with van der Waals surface area (Å²) < 4.78 is 7.47. The minimum Gasteiger partial charge on any atom is -0.497 e. The molecule has 1 saturated heterocycles. The number of rotatable bonds is 7. The Morgan fingerprint density at radius 1 is 1.06 bits per heavy atom. The van der Waals surface area contributed by atoms with Crippen molar-refractivity contribution in [2.75, 3.05) is 38.2 Å². The molecule has 0 saturated carbocycles. The van der Waals surface area contributed by atoms with Crippen LogP contribution in [0.25, 0.3) is 27.8 Å². The minimum atomic E-state index is -0.0208. The van der Waals surface area contributed by atoms with Crippen molar-refractivity contribution in [2.45, 2.75) is 26.7 Å². The van der Waals surface area contributed by atoms with E-state index < -0.39 is 0 Å². The average Bonchev–Trinajstić information content (AvgIpc) is 3.34. The summed E-state index contributed by atoms with van der Waals surface area (Å²) in [6.07, 6.45) is 5.66. The molecule has 2 aromatic heterocycles. The Morgan fingerprint density at radius 3 is 2.50 bits per heavy atom. The third-order valence-electron chi connectivity index (χ3n) is 7.14. The number of piperidine rings is 1. The lowest BCUT2D eigenvalue weighted by Gasteiger charge is -2.35. The number of carbonyl (C=O) groups is 1. The molecule has 1 aliphatic rings. The highest BCUT2D eigenvalue weighted by atomic mass is 16.5. The van der Waals surface area contributed by atoms with Crippen molar-refractivity contribution in [1.29, 1.82) is 0 Å². The summed E-state index contributed by atoms with van der Waals surface area (Å²) in [4.78, 5) is 26.9. The quantitative estimate of drug-likeness (QED) is 0.362. The van der Waals surface area contributed by atoms with Gasteiger partial charge in [0.2, 0.25) is 5.91 Å². The highest BCUT2D eigenvalue weighted by Crippen LogP contribution is 2.38. The van der Waals surface area contributed by atoms with Crippen molar-refractivity contribution in [3.63, 3.8) is 0 Å². The standard InChI is InChI=1S/C29H33N5O2/c1-4-32(5-2)29(35)22-12-9-17-33(18-22)27-26-25(21-10-7-6-8-11-21)19-34(28(26)31-20-30-27)23-13-15-24(36-3)16-14-23/h6-8,10-11,13-16,19-20,22H,4-5,9,12,17-18H2,1-3H3. The highest BCUT2D eigenvalue weighted by molar-refractivity contribution is 6.02. The molecular formula is C29H33N5O2. The summed E-state index contributed by atoms with van der Waals surface area (Å²) in [6, 6.07) is 18.4. The molecule has 5 rings (SSSR count). The second-order valence-electron chi connectivity index (χ2n) is 9.17. The van der Waals surface area contributed by atoms with Gasteiger partial charge in [-0.1, -0.05) is 30.3 Å². The molecule has 186 valence electrons. The fourth-order valence-corrected chi connectivity index (χ4v) is 5.23. The molecule has 0 bridgehead atoms. The van der Waals surface area contributed by atoms with Gasteiger partial charge in [-0.25, -0.2) is 9.97 Å². The first-order valence-electron chi connectivity index (χ1n) is 12.7. The molecule has 0 spiro atoms. The molecule has 2 aromatic carbocycles. The Balaban J connectivity index is 1.62. The van der Waals surface area contributed by atoms with Gasteiger partial charge >= 0.3 is 0 Å². The van der Waals surface area contributed by atoms with Crippen LogP contribution >= 0.6 is 0 Å². The van der Waals surface area contributed by atoms with Gasteiger partial charge in [0.1, 0.15) is 17.9 Å². The normalized spacial score (nSPS) is 15.8. The van der Waals surface area contributed by atoms with E-state index in [1.54, 1.807) is 13.4 Å². The summed E-state index contributed by atoms with van der Waals surface area (Å²) in [5, 5.41) is 1.01. The summed E-state index contributed by atoms with van der Waals surface area (Å²) >= 11 is 0. The third-order valence-corrected chi connectivity index (χ3v) is 7.14. The molecule has 36 heavy (non-hydrogen) atoms. The van der Waals surface area contributed by atoms with Gasteiger partial charge in [0.25, 0.3) is 0 Å². The number of aromatic nitrogens is 3. The maximum atomic E-state index is 13.2.